The standard InChI is InChI=1S/C33H48BN2O2.C2F6NO4S2/c1-21(2)25-15-13-16-26(22(3)4)29(25)35-19-20-36(31(35)34-37-32(9,10)33(11,12)38-34)30-27(23(5)6)17-14-18-28(30)24(7)8;3-1(4,5)14(10,11)9-15(12,13)2(6,7)8/h13-24H,1-12H3;/q+1;-1. The third-order valence-electron chi connectivity index (χ3n) is 9.27. The fourth-order valence-corrected chi connectivity index (χ4v) is 7.46. The first-order chi connectivity index (χ1) is 23.9. The molecule has 1 aromatic heterocycles. The Morgan fingerprint density at radius 2 is 1.00 bits per heavy atom. The minimum atomic E-state index is -6.72. The minimum absolute atomic E-state index is 0.375. The van der Waals surface area contributed by atoms with E-state index < -0.39 is 49.4 Å². The lowest BCUT2D eigenvalue weighted by molar-refractivity contribution is -0.578. The number of hydrogen-bond donors (Lipinski definition) is 0. The number of imidazole rings is 1. The van der Waals surface area contributed by atoms with Crippen LogP contribution in [0.4, 0.5) is 26.3 Å². The molecule has 3 aromatic rings. The molecule has 4 rings (SSSR count). The number of hydrogen-bond acceptors (Lipinski definition) is 6. The molecule has 2 heterocycles. The van der Waals surface area contributed by atoms with Crippen molar-refractivity contribution in [3.8, 4) is 11.4 Å². The molecule has 1 aliphatic rings. The largest absolute Gasteiger partial charge is 0.592 e. The summed E-state index contributed by atoms with van der Waals surface area (Å²) >= 11 is 0. The van der Waals surface area contributed by atoms with Crippen molar-refractivity contribution < 1.29 is 57.1 Å². The van der Waals surface area contributed by atoms with E-state index >= 15 is 0 Å². The Hall–Kier alpha value is -2.93. The van der Waals surface area contributed by atoms with Crippen LogP contribution in [0.15, 0.2) is 48.8 Å². The molecular weight excluding hydrogens is 747 g/mol. The SMILES string of the molecule is CC(C)c1cccc(C(C)C)c1-n1cc[n+](-c2c(C(C)C)cccc2C(C)C)c1B1OC(C)(C)C(C)(C)O1.O=S(=O)([N-]S(=O)(=O)C(F)(F)F)C(F)(F)F. The fourth-order valence-electron chi connectivity index (χ4n) is 5.75. The Kier molecular flexibility index (Phi) is 12.8. The van der Waals surface area contributed by atoms with Crippen molar-refractivity contribution in [2.24, 2.45) is 0 Å². The smallest absolute Gasteiger partial charge is 0.421 e. The van der Waals surface area contributed by atoms with Gasteiger partial charge in [-0.1, -0.05) is 91.8 Å². The van der Waals surface area contributed by atoms with Crippen LogP contribution >= 0.6 is 0 Å². The second kappa shape index (κ2) is 15.3. The highest BCUT2D eigenvalue weighted by Gasteiger charge is 2.57. The first kappa shape index (κ1) is 44.5. The first-order valence-corrected chi connectivity index (χ1v) is 19.9. The van der Waals surface area contributed by atoms with E-state index in [0.717, 1.165) is 9.85 Å². The van der Waals surface area contributed by atoms with E-state index in [1.807, 2.05) is 0 Å². The average molecular weight is 796 g/mol. The number of rotatable bonds is 9. The molecule has 0 amide bonds. The zero-order chi connectivity index (χ0) is 40.9. The molecule has 1 saturated heterocycles. The Labute approximate surface area is 309 Å². The van der Waals surface area contributed by atoms with Crippen molar-refractivity contribution in [2.75, 3.05) is 0 Å². The van der Waals surface area contributed by atoms with Crippen LogP contribution in [-0.4, -0.2) is 50.7 Å². The molecule has 0 spiro atoms. The van der Waals surface area contributed by atoms with Crippen molar-refractivity contribution in [3.63, 3.8) is 0 Å². The van der Waals surface area contributed by atoms with Gasteiger partial charge in [0.05, 0.1) is 11.2 Å². The van der Waals surface area contributed by atoms with E-state index in [1.54, 1.807) is 0 Å². The molecule has 0 aliphatic carbocycles. The average Bonchev–Trinajstić information content (AvgIpc) is 3.51. The van der Waals surface area contributed by atoms with Gasteiger partial charge in [-0.25, -0.2) is 26.0 Å². The van der Waals surface area contributed by atoms with Crippen LogP contribution in [-0.2, 0) is 29.4 Å². The molecule has 0 atom stereocenters. The van der Waals surface area contributed by atoms with Crippen molar-refractivity contribution >= 4 is 32.9 Å². The number of halogens is 6. The fraction of sp³-hybridized carbons (Fsp3) is 0.571. The van der Waals surface area contributed by atoms with Gasteiger partial charge in [0, 0.05) is 22.3 Å². The lowest BCUT2D eigenvalue weighted by Gasteiger charge is -2.32. The van der Waals surface area contributed by atoms with Crippen LogP contribution in [0.3, 0.4) is 0 Å². The predicted octanol–water partition coefficient (Wildman–Crippen LogP) is 8.61. The number of aromatic nitrogens is 2. The summed E-state index contributed by atoms with van der Waals surface area (Å²) in [5.41, 5.74) is -4.47. The van der Waals surface area contributed by atoms with Crippen LogP contribution in [0, 0.1) is 0 Å². The summed E-state index contributed by atoms with van der Waals surface area (Å²) in [5, 5.41) is 0. The van der Waals surface area contributed by atoms with Gasteiger partial charge in [-0.05, 0) is 51.4 Å². The number of benzene rings is 2. The minimum Gasteiger partial charge on any atom is -0.421 e. The van der Waals surface area contributed by atoms with Crippen molar-refractivity contribution in [2.45, 2.75) is 129 Å². The molecule has 2 aromatic carbocycles. The second-order valence-corrected chi connectivity index (χ2v) is 18.5. The molecule has 1 fully saturated rings. The molecule has 0 unspecified atom stereocenters. The molecule has 296 valence electrons. The summed E-state index contributed by atoms with van der Waals surface area (Å²) in [6.45, 7) is 26.8. The van der Waals surface area contributed by atoms with Gasteiger partial charge < -0.3 is 13.4 Å². The topological polar surface area (TPSA) is 110 Å². The number of alkyl halides is 6. The Balaban J connectivity index is 0.000000426. The lowest BCUT2D eigenvalue weighted by Crippen LogP contribution is -2.58. The third kappa shape index (κ3) is 9.14. The molecule has 0 radical (unpaired) electrons. The van der Waals surface area contributed by atoms with Crippen LogP contribution in [0.1, 0.15) is 129 Å². The number of para-hydroxylation sites is 2. The first-order valence-electron chi connectivity index (χ1n) is 17.0. The highest BCUT2D eigenvalue weighted by Crippen LogP contribution is 2.39. The van der Waals surface area contributed by atoms with Crippen LogP contribution in [0.5, 0.6) is 0 Å². The molecule has 0 N–H and O–H groups in total. The zero-order valence-electron chi connectivity index (χ0n) is 31.9. The lowest BCUT2D eigenvalue weighted by atomic mass is 9.85. The van der Waals surface area contributed by atoms with Crippen LogP contribution in [0.2, 0.25) is 0 Å². The van der Waals surface area contributed by atoms with Crippen molar-refractivity contribution in [1.29, 1.82) is 0 Å². The van der Waals surface area contributed by atoms with Gasteiger partial charge in [0.1, 0.15) is 23.8 Å². The van der Waals surface area contributed by atoms with E-state index in [9.17, 15) is 43.2 Å². The normalized spacial score (nSPS) is 16.5. The van der Waals surface area contributed by atoms with Crippen LogP contribution in [0.25, 0.3) is 15.5 Å². The molecule has 53 heavy (non-hydrogen) atoms. The van der Waals surface area contributed by atoms with Gasteiger partial charge in [-0.3, -0.25) is 0 Å². The quantitative estimate of drug-likeness (QED) is 0.122. The van der Waals surface area contributed by atoms with Gasteiger partial charge in [0.25, 0.3) is 5.72 Å². The van der Waals surface area contributed by atoms with Gasteiger partial charge in [-0.15, -0.1) is 0 Å². The van der Waals surface area contributed by atoms with Crippen molar-refractivity contribution in [1.82, 2.24) is 4.57 Å². The monoisotopic (exact) mass is 795 g/mol. The third-order valence-corrected chi connectivity index (χ3v) is 12.0. The molecule has 1 aliphatic heterocycles. The molecule has 0 bridgehead atoms. The van der Waals surface area contributed by atoms with Gasteiger partial charge >= 0.3 is 18.1 Å². The number of sulfonamides is 2. The predicted molar refractivity (Wildman–Crippen MR) is 193 cm³/mol. The summed E-state index contributed by atoms with van der Waals surface area (Å²) in [7, 11) is -14.0. The Bertz CT molecular complexity index is 1810. The van der Waals surface area contributed by atoms with E-state index in [2.05, 4.69) is 141 Å². The van der Waals surface area contributed by atoms with E-state index in [0.29, 0.717) is 23.7 Å². The highest BCUT2D eigenvalue weighted by molar-refractivity contribution is 8.13. The molecule has 9 nitrogen and oxygen atoms in total. The molecule has 18 heteroatoms. The van der Waals surface area contributed by atoms with Crippen LogP contribution < -0.4 is 10.3 Å². The summed E-state index contributed by atoms with van der Waals surface area (Å²) in [4.78, 5) is 0. The van der Waals surface area contributed by atoms with E-state index in [1.165, 1.54) is 33.6 Å². The maximum atomic E-state index is 11.4. The van der Waals surface area contributed by atoms with E-state index in [-0.39, 0.29) is 0 Å². The zero-order valence-corrected chi connectivity index (χ0v) is 33.5. The summed E-state index contributed by atoms with van der Waals surface area (Å²) < 4.78 is 127. The summed E-state index contributed by atoms with van der Waals surface area (Å²) in [5.74, 6) is 1.50. The Morgan fingerprint density at radius 3 is 1.32 bits per heavy atom. The van der Waals surface area contributed by atoms with E-state index in [4.69, 9.17) is 9.31 Å². The summed E-state index contributed by atoms with van der Waals surface area (Å²) in [6.07, 6.45) is 4.43. The van der Waals surface area contributed by atoms with Gasteiger partial charge in [-0.2, -0.15) is 26.3 Å². The summed E-state index contributed by atoms with van der Waals surface area (Å²) in [6, 6.07) is 13.5. The maximum absolute atomic E-state index is 11.4. The van der Waals surface area contributed by atoms with Crippen molar-refractivity contribution in [3.05, 3.63) is 75.2 Å². The maximum Gasteiger partial charge on any atom is 0.592 e. The second-order valence-electron chi connectivity index (χ2n) is 15.1. The van der Waals surface area contributed by atoms with Gasteiger partial charge in [0.2, 0.25) is 0 Å². The Morgan fingerprint density at radius 1 is 0.660 bits per heavy atom. The molecular formula is C35H48BF6N3O6S2. The van der Waals surface area contributed by atoms with Gasteiger partial charge in [0.15, 0.2) is 20.0 Å². The highest BCUT2D eigenvalue weighted by atomic mass is 32.3. The number of nitrogens with zero attached hydrogens (tertiary/aromatic N) is 3. The molecule has 0 saturated carbocycles.